The third-order valence-corrected chi connectivity index (χ3v) is 3.18. The van der Waals surface area contributed by atoms with E-state index in [9.17, 15) is 0 Å². The van der Waals surface area contributed by atoms with Gasteiger partial charge >= 0.3 is 0 Å². The Morgan fingerprint density at radius 1 is 1.05 bits per heavy atom. The average Bonchev–Trinajstić information content (AvgIpc) is 2.53. The van der Waals surface area contributed by atoms with Crippen LogP contribution in [0.3, 0.4) is 0 Å². The first-order valence-corrected chi connectivity index (χ1v) is 7.93. The van der Waals surface area contributed by atoms with Gasteiger partial charge in [-0.15, -0.1) is 24.0 Å². The minimum atomic E-state index is 0. The Kier molecular flexibility index (Phi) is 14.5. The van der Waals surface area contributed by atoms with E-state index in [4.69, 9.17) is 4.74 Å². The normalized spacial score (nSPS) is 10.9. The molecule has 0 saturated heterocycles. The zero-order valence-electron chi connectivity index (χ0n) is 13.8. The summed E-state index contributed by atoms with van der Waals surface area (Å²) in [5.41, 5.74) is 1.38. The first-order chi connectivity index (χ1) is 10.4. The molecule has 0 bridgehead atoms. The highest BCUT2D eigenvalue weighted by Crippen LogP contribution is 2.01. The third-order valence-electron chi connectivity index (χ3n) is 3.18. The molecule has 1 aromatic carbocycles. The largest absolute Gasteiger partial charge is 0.380 e. The van der Waals surface area contributed by atoms with Gasteiger partial charge in [0, 0.05) is 26.7 Å². The molecule has 5 heteroatoms. The molecule has 2 N–H and O–H groups in total. The molecular formula is C17H30IN3O. The van der Waals surface area contributed by atoms with Gasteiger partial charge in [0.15, 0.2) is 5.96 Å². The Balaban J connectivity index is 0.00000441. The van der Waals surface area contributed by atoms with E-state index in [0.29, 0.717) is 0 Å². The van der Waals surface area contributed by atoms with Gasteiger partial charge in [-0.1, -0.05) is 43.7 Å². The minimum Gasteiger partial charge on any atom is -0.380 e. The van der Waals surface area contributed by atoms with E-state index in [0.717, 1.165) is 51.5 Å². The van der Waals surface area contributed by atoms with Crippen LogP contribution in [0.15, 0.2) is 35.3 Å². The Morgan fingerprint density at radius 3 is 2.45 bits per heavy atom. The number of aryl methyl sites for hydroxylation is 1. The predicted octanol–water partition coefficient (Wildman–Crippen LogP) is 3.22. The summed E-state index contributed by atoms with van der Waals surface area (Å²) in [7, 11) is 1.80. The first-order valence-electron chi connectivity index (χ1n) is 7.93. The Bertz CT molecular complexity index is 385. The maximum absolute atomic E-state index is 5.51. The molecule has 0 spiro atoms. The molecule has 0 aliphatic heterocycles. The molecule has 0 atom stereocenters. The predicted molar refractivity (Wildman–Crippen MR) is 105 cm³/mol. The molecule has 0 radical (unpaired) electrons. The summed E-state index contributed by atoms with van der Waals surface area (Å²) in [6.45, 7) is 5.46. The summed E-state index contributed by atoms with van der Waals surface area (Å²) in [6.07, 6.45) is 4.49. The number of aliphatic imine (C=N–C) groups is 1. The lowest BCUT2D eigenvalue weighted by molar-refractivity contribution is 0.136. The molecule has 4 nitrogen and oxygen atoms in total. The van der Waals surface area contributed by atoms with Crippen LogP contribution in [0.2, 0.25) is 0 Å². The number of nitrogens with one attached hydrogen (secondary N) is 2. The van der Waals surface area contributed by atoms with Crippen LogP contribution in [-0.2, 0) is 11.2 Å². The van der Waals surface area contributed by atoms with E-state index >= 15 is 0 Å². The fourth-order valence-electron chi connectivity index (χ4n) is 1.95. The van der Waals surface area contributed by atoms with Crippen LogP contribution in [-0.4, -0.2) is 39.3 Å². The van der Waals surface area contributed by atoms with Crippen molar-refractivity contribution in [2.75, 3.05) is 33.4 Å². The number of benzene rings is 1. The number of halogens is 1. The van der Waals surface area contributed by atoms with E-state index in [1.807, 2.05) is 0 Å². The van der Waals surface area contributed by atoms with Crippen molar-refractivity contribution >= 4 is 29.9 Å². The number of rotatable bonds is 10. The van der Waals surface area contributed by atoms with E-state index in [2.05, 4.69) is 52.9 Å². The fraction of sp³-hybridized carbons (Fsp3) is 0.588. The number of nitrogens with zero attached hydrogens (tertiary/aromatic N) is 1. The van der Waals surface area contributed by atoms with Gasteiger partial charge in [-0.3, -0.25) is 4.99 Å². The second-order valence-corrected chi connectivity index (χ2v) is 4.98. The van der Waals surface area contributed by atoms with Crippen LogP contribution < -0.4 is 10.6 Å². The Morgan fingerprint density at radius 2 is 1.77 bits per heavy atom. The lowest BCUT2D eigenvalue weighted by Crippen LogP contribution is -2.39. The summed E-state index contributed by atoms with van der Waals surface area (Å²) < 4.78 is 5.51. The van der Waals surface area contributed by atoms with Crippen molar-refractivity contribution < 1.29 is 4.74 Å². The molecule has 1 rings (SSSR count). The molecule has 0 saturated carbocycles. The van der Waals surface area contributed by atoms with Crippen molar-refractivity contribution in [1.29, 1.82) is 0 Å². The summed E-state index contributed by atoms with van der Waals surface area (Å²) in [5.74, 6) is 0.849. The maximum atomic E-state index is 5.51. The zero-order valence-corrected chi connectivity index (χ0v) is 16.1. The molecule has 1 aromatic rings. The highest BCUT2D eigenvalue weighted by Gasteiger charge is 1.97. The lowest BCUT2D eigenvalue weighted by atomic mass is 10.1. The molecule has 22 heavy (non-hydrogen) atoms. The first kappa shape index (κ1) is 21.2. The molecule has 0 unspecified atom stereocenters. The zero-order chi connectivity index (χ0) is 15.2. The van der Waals surface area contributed by atoms with Crippen LogP contribution in [0.25, 0.3) is 0 Å². The SMILES string of the molecule is CCCCOCCNC(=NC)NCCCc1ccccc1.I. The van der Waals surface area contributed by atoms with Gasteiger partial charge in [-0.2, -0.15) is 0 Å². The van der Waals surface area contributed by atoms with Crippen LogP contribution in [0.4, 0.5) is 0 Å². The van der Waals surface area contributed by atoms with Crippen molar-refractivity contribution in [2.45, 2.75) is 32.6 Å². The number of hydrogen-bond donors (Lipinski definition) is 2. The topological polar surface area (TPSA) is 45.6 Å². The molecule has 0 aliphatic rings. The highest BCUT2D eigenvalue weighted by molar-refractivity contribution is 14.0. The summed E-state index contributed by atoms with van der Waals surface area (Å²) >= 11 is 0. The van der Waals surface area contributed by atoms with Gasteiger partial charge in [0.05, 0.1) is 6.61 Å². The second kappa shape index (κ2) is 15.1. The summed E-state index contributed by atoms with van der Waals surface area (Å²) in [5, 5.41) is 6.58. The van der Waals surface area contributed by atoms with Gasteiger partial charge in [-0.05, 0) is 24.8 Å². The second-order valence-electron chi connectivity index (χ2n) is 4.98. The standard InChI is InChI=1S/C17H29N3O.HI/c1-3-4-14-21-15-13-20-17(18-2)19-12-8-11-16-9-6-5-7-10-16;/h5-7,9-10H,3-4,8,11-15H2,1-2H3,(H2,18,19,20);1H. The van der Waals surface area contributed by atoms with Crippen molar-refractivity contribution in [3.63, 3.8) is 0 Å². The van der Waals surface area contributed by atoms with Crippen LogP contribution >= 0.6 is 24.0 Å². The van der Waals surface area contributed by atoms with Gasteiger partial charge < -0.3 is 15.4 Å². The number of unbranched alkanes of at least 4 members (excludes halogenated alkanes) is 1. The van der Waals surface area contributed by atoms with Gasteiger partial charge in [0.2, 0.25) is 0 Å². The average molecular weight is 419 g/mol. The fourth-order valence-corrected chi connectivity index (χ4v) is 1.95. The number of guanidine groups is 1. The van der Waals surface area contributed by atoms with E-state index in [1.54, 1.807) is 7.05 Å². The Labute approximate surface area is 152 Å². The van der Waals surface area contributed by atoms with Gasteiger partial charge in [0.1, 0.15) is 0 Å². The highest BCUT2D eigenvalue weighted by atomic mass is 127. The summed E-state index contributed by atoms with van der Waals surface area (Å²) in [6, 6.07) is 10.6. The van der Waals surface area contributed by atoms with E-state index in [-0.39, 0.29) is 24.0 Å². The van der Waals surface area contributed by atoms with E-state index in [1.165, 1.54) is 12.0 Å². The monoisotopic (exact) mass is 419 g/mol. The van der Waals surface area contributed by atoms with Crippen LogP contribution in [0, 0.1) is 0 Å². The Hall–Kier alpha value is -0.820. The lowest BCUT2D eigenvalue weighted by Gasteiger charge is -2.12. The van der Waals surface area contributed by atoms with Crippen molar-refractivity contribution in [3.8, 4) is 0 Å². The molecule has 0 aliphatic carbocycles. The van der Waals surface area contributed by atoms with Crippen LogP contribution in [0.1, 0.15) is 31.7 Å². The summed E-state index contributed by atoms with van der Waals surface area (Å²) in [4.78, 5) is 4.21. The molecule has 0 amide bonds. The van der Waals surface area contributed by atoms with Crippen molar-refractivity contribution in [3.05, 3.63) is 35.9 Å². The third kappa shape index (κ3) is 10.8. The molecule has 0 aromatic heterocycles. The van der Waals surface area contributed by atoms with Gasteiger partial charge in [0.25, 0.3) is 0 Å². The number of ether oxygens (including phenoxy) is 1. The minimum absolute atomic E-state index is 0. The smallest absolute Gasteiger partial charge is 0.191 e. The quantitative estimate of drug-likeness (QED) is 0.265. The molecule has 126 valence electrons. The molecule has 0 fully saturated rings. The van der Waals surface area contributed by atoms with E-state index < -0.39 is 0 Å². The maximum Gasteiger partial charge on any atom is 0.191 e. The van der Waals surface area contributed by atoms with Crippen molar-refractivity contribution in [1.82, 2.24) is 10.6 Å². The van der Waals surface area contributed by atoms with Crippen LogP contribution in [0.5, 0.6) is 0 Å². The van der Waals surface area contributed by atoms with Crippen molar-refractivity contribution in [2.24, 2.45) is 4.99 Å². The number of hydrogen-bond acceptors (Lipinski definition) is 2. The molecule has 0 heterocycles. The molecular weight excluding hydrogens is 389 g/mol. The van der Waals surface area contributed by atoms with Gasteiger partial charge in [-0.25, -0.2) is 0 Å².